The molecule has 4 heteroatoms. The lowest BCUT2D eigenvalue weighted by atomic mass is 10.2. The van der Waals surface area contributed by atoms with Crippen molar-refractivity contribution >= 4 is 11.6 Å². The maximum absolute atomic E-state index is 11.7. The SMILES string of the molecule is CCC(CC)NC(=O)COc1c(C)cccc1N. The number of para-hydroxylation sites is 1. The van der Waals surface area contributed by atoms with Crippen molar-refractivity contribution in [3.8, 4) is 5.75 Å². The highest BCUT2D eigenvalue weighted by atomic mass is 16.5. The third kappa shape index (κ3) is 3.95. The van der Waals surface area contributed by atoms with E-state index in [1.165, 1.54) is 0 Å². The molecule has 1 aromatic rings. The molecule has 0 spiro atoms. The number of rotatable bonds is 6. The van der Waals surface area contributed by atoms with Gasteiger partial charge >= 0.3 is 0 Å². The van der Waals surface area contributed by atoms with Crippen LogP contribution in [0.1, 0.15) is 32.3 Å². The summed E-state index contributed by atoms with van der Waals surface area (Å²) >= 11 is 0. The van der Waals surface area contributed by atoms with E-state index in [0.29, 0.717) is 11.4 Å². The van der Waals surface area contributed by atoms with Gasteiger partial charge in [0.1, 0.15) is 5.75 Å². The second-order valence-corrected chi connectivity index (χ2v) is 4.36. The van der Waals surface area contributed by atoms with Crippen molar-refractivity contribution < 1.29 is 9.53 Å². The second-order valence-electron chi connectivity index (χ2n) is 4.36. The highest BCUT2D eigenvalue weighted by molar-refractivity contribution is 5.78. The Labute approximate surface area is 109 Å². The Morgan fingerprint density at radius 2 is 2.06 bits per heavy atom. The lowest BCUT2D eigenvalue weighted by Gasteiger charge is -2.16. The lowest BCUT2D eigenvalue weighted by Crippen LogP contribution is -2.37. The predicted molar refractivity (Wildman–Crippen MR) is 73.6 cm³/mol. The fraction of sp³-hybridized carbons (Fsp3) is 0.500. The van der Waals surface area contributed by atoms with Crippen molar-refractivity contribution in [1.29, 1.82) is 0 Å². The number of aryl methyl sites for hydroxylation is 1. The summed E-state index contributed by atoms with van der Waals surface area (Å²) in [5, 5.41) is 2.92. The number of nitrogens with two attached hydrogens (primary N) is 1. The molecule has 0 saturated carbocycles. The monoisotopic (exact) mass is 250 g/mol. The first-order valence-corrected chi connectivity index (χ1v) is 6.35. The Balaban J connectivity index is 2.52. The van der Waals surface area contributed by atoms with Crippen LogP contribution >= 0.6 is 0 Å². The maximum Gasteiger partial charge on any atom is 0.258 e. The molecule has 0 unspecified atom stereocenters. The van der Waals surface area contributed by atoms with Gasteiger partial charge in [-0.25, -0.2) is 0 Å². The number of nitrogens with one attached hydrogen (secondary N) is 1. The number of anilines is 1. The van der Waals surface area contributed by atoms with Crippen LogP contribution in [0.25, 0.3) is 0 Å². The Morgan fingerprint density at radius 1 is 1.39 bits per heavy atom. The van der Waals surface area contributed by atoms with Gasteiger partial charge in [0.2, 0.25) is 0 Å². The number of nitrogen functional groups attached to an aromatic ring is 1. The number of hydrogen-bond donors (Lipinski definition) is 2. The largest absolute Gasteiger partial charge is 0.481 e. The van der Waals surface area contributed by atoms with Gasteiger partial charge < -0.3 is 15.8 Å². The fourth-order valence-corrected chi connectivity index (χ4v) is 1.77. The molecule has 0 heterocycles. The molecule has 0 fully saturated rings. The first-order chi connectivity index (χ1) is 8.58. The molecular weight excluding hydrogens is 228 g/mol. The maximum atomic E-state index is 11.7. The van der Waals surface area contributed by atoms with Crippen molar-refractivity contribution in [3.05, 3.63) is 23.8 Å². The first kappa shape index (κ1) is 14.4. The van der Waals surface area contributed by atoms with Crippen LogP contribution in [0, 0.1) is 6.92 Å². The van der Waals surface area contributed by atoms with Gasteiger partial charge in [-0.1, -0.05) is 26.0 Å². The minimum absolute atomic E-state index is 0.00551. The van der Waals surface area contributed by atoms with Gasteiger partial charge in [0, 0.05) is 6.04 Å². The molecule has 4 nitrogen and oxygen atoms in total. The van der Waals surface area contributed by atoms with Crippen molar-refractivity contribution in [1.82, 2.24) is 5.32 Å². The van der Waals surface area contributed by atoms with E-state index < -0.39 is 0 Å². The molecule has 0 aromatic heterocycles. The highest BCUT2D eigenvalue weighted by Crippen LogP contribution is 2.25. The molecule has 1 rings (SSSR count). The summed E-state index contributed by atoms with van der Waals surface area (Å²) in [6.45, 7) is 6.01. The van der Waals surface area contributed by atoms with Crippen LogP contribution in [0.4, 0.5) is 5.69 Å². The van der Waals surface area contributed by atoms with Gasteiger partial charge in [0.25, 0.3) is 5.91 Å². The van der Waals surface area contributed by atoms with Gasteiger partial charge in [-0.15, -0.1) is 0 Å². The van der Waals surface area contributed by atoms with Gasteiger partial charge in [-0.3, -0.25) is 4.79 Å². The molecule has 0 aliphatic heterocycles. The molecule has 18 heavy (non-hydrogen) atoms. The minimum Gasteiger partial charge on any atom is -0.481 e. The van der Waals surface area contributed by atoms with Crippen LogP contribution in [-0.4, -0.2) is 18.6 Å². The van der Waals surface area contributed by atoms with Crippen LogP contribution in [0.5, 0.6) is 5.75 Å². The third-order valence-electron chi connectivity index (χ3n) is 2.94. The molecule has 0 atom stereocenters. The topological polar surface area (TPSA) is 64.3 Å². The molecule has 0 aliphatic rings. The summed E-state index contributed by atoms with van der Waals surface area (Å²) < 4.78 is 5.48. The molecule has 100 valence electrons. The average molecular weight is 250 g/mol. The number of ether oxygens (including phenoxy) is 1. The van der Waals surface area contributed by atoms with E-state index in [1.54, 1.807) is 6.07 Å². The normalized spacial score (nSPS) is 10.4. The molecule has 0 bridgehead atoms. The van der Waals surface area contributed by atoms with E-state index >= 15 is 0 Å². The van der Waals surface area contributed by atoms with Gasteiger partial charge in [-0.2, -0.15) is 0 Å². The van der Waals surface area contributed by atoms with Crippen molar-refractivity contribution in [3.63, 3.8) is 0 Å². The van der Waals surface area contributed by atoms with Crippen LogP contribution in [-0.2, 0) is 4.79 Å². The Hall–Kier alpha value is -1.71. The fourth-order valence-electron chi connectivity index (χ4n) is 1.77. The lowest BCUT2D eigenvalue weighted by molar-refractivity contribution is -0.123. The number of amides is 1. The van der Waals surface area contributed by atoms with E-state index in [-0.39, 0.29) is 18.6 Å². The van der Waals surface area contributed by atoms with Crippen LogP contribution in [0.2, 0.25) is 0 Å². The number of carbonyl (C=O) groups is 1. The van der Waals surface area contributed by atoms with Crippen LogP contribution in [0.3, 0.4) is 0 Å². The third-order valence-corrected chi connectivity index (χ3v) is 2.94. The Kier molecular flexibility index (Phi) is 5.49. The summed E-state index contributed by atoms with van der Waals surface area (Å²) in [7, 11) is 0. The Bertz CT molecular complexity index is 381. The van der Waals surface area contributed by atoms with E-state index in [1.807, 2.05) is 19.1 Å². The standard InChI is InChI=1S/C14H22N2O2/c1-4-11(5-2)16-13(17)9-18-14-10(3)7-6-8-12(14)15/h6-8,11H,4-5,9,15H2,1-3H3,(H,16,17). The summed E-state index contributed by atoms with van der Waals surface area (Å²) in [5.41, 5.74) is 7.30. The minimum atomic E-state index is -0.105. The van der Waals surface area contributed by atoms with Gasteiger partial charge in [0.15, 0.2) is 6.61 Å². The molecule has 3 N–H and O–H groups in total. The molecular formula is C14H22N2O2. The molecule has 0 aliphatic carbocycles. The van der Waals surface area contributed by atoms with Crippen molar-refractivity contribution in [2.24, 2.45) is 0 Å². The summed E-state index contributed by atoms with van der Waals surface area (Å²) in [6, 6.07) is 5.75. The van der Waals surface area contributed by atoms with Crippen molar-refractivity contribution in [2.45, 2.75) is 39.7 Å². The summed E-state index contributed by atoms with van der Waals surface area (Å²) in [6.07, 6.45) is 1.85. The predicted octanol–water partition coefficient (Wildman–Crippen LogP) is 2.26. The zero-order chi connectivity index (χ0) is 13.5. The quantitative estimate of drug-likeness (QED) is 0.761. The number of hydrogen-bond acceptors (Lipinski definition) is 3. The molecule has 1 aromatic carbocycles. The molecule has 0 radical (unpaired) electrons. The highest BCUT2D eigenvalue weighted by Gasteiger charge is 2.10. The van der Waals surface area contributed by atoms with E-state index in [0.717, 1.165) is 18.4 Å². The second kappa shape index (κ2) is 6.89. The first-order valence-electron chi connectivity index (χ1n) is 6.35. The van der Waals surface area contributed by atoms with E-state index in [4.69, 9.17) is 10.5 Å². The van der Waals surface area contributed by atoms with E-state index in [2.05, 4.69) is 19.2 Å². The van der Waals surface area contributed by atoms with Gasteiger partial charge in [-0.05, 0) is 31.4 Å². The van der Waals surface area contributed by atoms with E-state index in [9.17, 15) is 4.79 Å². The van der Waals surface area contributed by atoms with Crippen LogP contribution < -0.4 is 15.8 Å². The van der Waals surface area contributed by atoms with Crippen LogP contribution in [0.15, 0.2) is 18.2 Å². The smallest absolute Gasteiger partial charge is 0.258 e. The summed E-state index contributed by atoms with van der Waals surface area (Å²) in [4.78, 5) is 11.7. The zero-order valence-corrected chi connectivity index (χ0v) is 11.3. The number of carbonyl (C=O) groups excluding carboxylic acids is 1. The number of benzene rings is 1. The summed E-state index contributed by atoms with van der Waals surface area (Å²) in [5.74, 6) is 0.489. The average Bonchev–Trinajstić information content (AvgIpc) is 2.35. The Morgan fingerprint density at radius 3 is 2.61 bits per heavy atom. The zero-order valence-electron chi connectivity index (χ0n) is 11.3. The van der Waals surface area contributed by atoms with Crippen molar-refractivity contribution in [2.75, 3.05) is 12.3 Å². The van der Waals surface area contributed by atoms with Gasteiger partial charge in [0.05, 0.1) is 5.69 Å². The molecule has 1 amide bonds. The molecule has 0 saturated heterocycles.